The Kier molecular flexibility index (Phi) is 4.47. The van der Waals surface area contributed by atoms with E-state index in [1.807, 2.05) is 0 Å². The zero-order valence-corrected chi connectivity index (χ0v) is 15.3. The van der Waals surface area contributed by atoms with Crippen LogP contribution < -0.4 is 5.73 Å². The SMILES string of the molecule is Cn1c(C(=O)c2ccc(-c3cnc4[nH]cc(/C=C/C(N)=O)c4n3)cc2)cnc1F. The number of hydrogen-bond acceptors (Lipinski definition) is 5. The molecule has 1 amide bonds. The molecule has 144 valence electrons. The number of aromatic amines is 1. The second kappa shape index (κ2) is 7.12. The second-order valence-electron chi connectivity index (χ2n) is 6.31. The predicted molar refractivity (Wildman–Crippen MR) is 104 cm³/mol. The van der Waals surface area contributed by atoms with Crippen LogP contribution in [0.15, 0.2) is 48.9 Å². The molecule has 3 N–H and O–H groups in total. The largest absolute Gasteiger partial charge is 0.366 e. The van der Waals surface area contributed by atoms with Crippen molar-refractivity contribution in [2.75, 3.05) is 0 Å². The maximum absolute atomic E-state index is 13.4. The van der Waals surface area contributed by atoms with Gasteiger partial charge in [-0.1, -0.05) is 24.3 Å². The van der Waals surface area contributed by atoms with Crippen molar-refractivity contribution in [3.63, 3.8) is 0 Å². The topological polar surface area (TPSA) is 120 Å². The van der Waals surface area contributed by atoms with Crippen LogP contribution in [-0.4, -0.2) is 36.2 Å². The molecule has 0 saturated heterocycles. The standard InChI is InChI=1S/C20H15FN6O2/c1-27-15(10-25-20(27)21)18(29)12-4-2-11(3-5-12)14-9-24-19-17(26-14)13(8-23-19)6-7-16(22)28/h2-10H,1H3,(H2,22,28)(H,23,24)/b7-6+. The number of nitrogens with zero attached hydrogens (tertiary/aromatic N) is 4. The van der Waals surface area contributed by atoms with Crippen LogP contribution in [0, 0.1) is 6.08 Å². The third-order valence-corrected chi connectivity index (χ3v) is 4.44. The van der Waals surface area contributed by atoms with Gasteiger partial charge in [0.25, 0.3) is 6.08 Å². The van der Waals surface area contributed by atoms with Crippen LogP contribution in [0.1, 0.15) is 21.6 Å². The average Bonchev–Trinajstić information content (AvgIpc) is 3.28. The average molecular weight is 390 g/mol. The van der Waals surface area contributed by atoms with E-state index in [2.05, 4.69) is 19.9 Å². The number of ketones is 1. The number of nitrogens with one attached hydrogen (secondary N) is 1. The summed E-state index contributed by atoms with van der Waals surface area (Å²) in [5, 5.41) is 0. The van der Waals surface area contributed by atoms with Crippen molar-refractivity contribution in [3.8, 4) is 11.3 Å². The number of H-pyrrole nitrogens is 1. The summed E-state index contributed by atoms with van der Waals surface area (Å²) in [5.41, 5.74) is 8.88. The Morgan fingerprint density at radius 1 is 1.17 bits per heavy atom. The Hall–Kier alpha value is -4.14. The number of fused-ring (bicyclic) bond motifs is 1. The molecule has 0 atom stereocenters. The van der Waals surface area contributed by atoms with Crippen LogP contribution in [0.5, 0.6) is 0 Å². The molecule has 1 aromatic carbocycles. The van der Waals surface area contributed by atoms with Gasteiger partial charge in [0.05, 0.1) is 18.1 Å². The minimum atomic E-state index is -0.721. The van der Waals surface area contributed by atoms with Gasteiger partial charge in [-0.3, -0.25) is 9.59 Å². The molecular weight excluding hydrogens is 375 g/mol. The Balaban J connectivity index is 1.66. The first kappa shape index (κ1) is 18.2. The van der Waals surface area contributed by atoms with Gasteiger partial charge in [-0.05, 0) is 6.08 Å². The Bertz CT molecular complexity index is 1270. The molecule has 0 unspecified atom stereocenters. The zero-order chi connectivity index (χ0) is 20.5. The smallest absolute Gasteiger partial charge is 0.289 e. The van der Waals surface area contributed by atoms with Gasteiger partial charge in [0.15, 0.2) is 5.65 Å². The predicted octanol–water partition coefficient (Wildman–Crippen LogP) is 2.23. The lowest BCUT2D eigenvalue weighted by molar-refractivity contribution is -0.113. The van der Waals surface area contributed by atoms with Crippen LogP contribution in [0.3, 0.4) is 0 Å². The third kappa shape index (κ3) is 3.41. The number of carbonyl (C=O) groups is 2. The van der Waals surface area contributed by atoms with Crippen LogP contribution in [0.4, 0.5) is 4.39 Å². The number of primary amides is 1. The highest BCUT2D eigenvalue weighted by atomic mass is 19.1. The summed E-state index contributed by atoms with van der Waals surface area (Å²) in [6, 6.07) is 6.75. The number of halogens is 1. The molecular formula is C20H15FN6O2. The molecule has 9 heteroatoms. The molecule has 3 heterocycles. The summed E-state index contributed by atoms with van der Waals surface area (Å²) in [4.78, 5) is 38.9. The normalized spacial score (nSPS) is 11.4. The van der Waals surface area contributed by atoms with Gasteiger partial charge in [0.1, 0.15) is 11.2 Å². The molecule has 0 fully saturated rings. The Morgan fingerprint density at radius 2 is 1.93 bits per heavy atom. The van der Waals surface area contributed by atoms with E-state index in [0.29, 0.717) is 28.0 Å². The highest BCUT2D eigenvalue weighted by Crippen LogP contribution is 2.23. The lowest BCUT2D eigenvalue weighted by Crippen LogP contribution is -2.08. The van der Waals surface area contributed by atoms with E-state index in [1.54, 1.807) is 42.7 Å². The third-order valence-electron chi connectivity index (χ3n) is 4.44. The first-order chi connectivity index (χ1) is 13.9. The zero-order valence-electron chi connectivity index (χ0n) is 15.3. The number of aromatic nitrogens is 5. The maximum Gasteiger partial charge on any atom is 0.289 e. The molecule has 0 bridgehead atoms. The lowest BCUT2D eigenvalue weighted by Gasteiger charge is -2.05. The summed E-state index contributed by atoms with van der Waals surface area (Å²) in [6.45, 7) is 0. The molecule has 0 aliphatic carbocycles. The van der Waals surface area contributed by atoms with Gasteiger partial charge < -0.3 is 15.3 Å². The van der Waals surface area contributed by atoms with E-state index < -0.39 is 12.0 Å². The lowest BCUT2D eigenvalue weighted by atomic mass is 10.0. The minimum Gasteiger partial charge on any atom is -0.366 e. The van der Waals surface area contributed by atoms with Crippen molar-refractivity contribution < 1.29 is 14.0 Å². The summed E-state index contributed by atoms with van der Waals surface area (Å²) >= 11 is 0. The van der Waals surface area contributed by atoms with E-state index in [9.17, 15) is 14.0 Å². The molecule has 4 aromatic rings. The fourth-order valence-electron chi connectivity index (χ4n) is 2.89. The number of amides is 1. The van der Waals surface area contributed by atoms with E-state index in [4.69, 9.17) is 5.73 Å². The van der Waals surface area contributed by atoms with Gasteiger partial charge in [0.2, 0.25) is 11.7 Å². The molecule has 0 spiro atoms. The van der Waals surface area contributed by atoms with Crippen molar-refractivity contribution in [3.05, 3.63) is 71.8 Å². The quantitative estimate of drug-likeness (QED) is 0.400. The summed E-state index contributed by atoms with van der Waals surface area (Å²) in [5.74, 6) is -0.890. The fraction of sp³-hybridized carbons (Fsp3) is 0.0500. The first-order valence-corrected chi connectivity index (χ1v) is 8.58. The highest BCUT2D eigenvalue weighted by molar-refractivity contribution is 6.08. The van der Waals surface area contributed by atoms with E-state index in [0.717, 1.165) is 10.1 Å². The van der Waals surface area contributed by atoms with Crippen molar-refractivity contribution in [2.24, 2.45) is 12.8 Å². The van der Waals surface area contributed by atoms with Crippen molar-refractivity contribution in [1.82, 2.24) is 24.5 Å². The Labute approximate surface area is 163 Å². The van der Waals surface area contributed by atoms with Crippen LogP contribution in [0.25, 0.3) is 28.5 Å². The van der Waals surface area contributed by atoms with E-state index in [1.165, 1.54) is 19.3 Å². The molecule has 29 heavy (non-hydrogen) atoms. The van der Waals surface area contributed by atoms with Crippen molar-refractivity contribution >= 4 is 28.9 Å². The molecule has 8 nitrogen and oxygen atoms in total. The Morgan fingerprint density at radius 3 is 2.59 bits per heavy atom. The molecule has 3 aromatic heterocycles. The van der Waals surface area contributed by atoms with Crippen LogP contribution >= 0.6 is 0 Å². The minimum absolute atomic E-state index is 0.162. The highest BCUT2D eigenvalue weighted by Gasteiger charge is 2.16. The van der Waals surface area contributed by atoms with Gasteiger partial charge in [-0.15, -0.1) is 0 Å². The molecule has 0 aliphatic heterocycles. The van der Waals surface area contributed by atoms with Gasteiger partial charge in [0, 0.05) is 36.0 Å². The summed E-state index contributed by atoms with van der Waals surface area (Å²) in [7, 11) is 1.44. The summed E-state index contributed by atoms with van der Waals surface area (Å²) in [6.07, 6.45) is 6.59. The monoisotopic (exact) mass is 390 g/mol. The van der Waals surface area contributed by atoms with Gasteiger partial charge in [-0.25, -0.2) is 15.0 Å². The number of hydrogen-bond donors (Lipinski definition) is 2. The number of carbonyl (C=O) groups excluding carboxylic acids is 2. The molecule has 0 aliphatic rings. The fourth-order valence-corrected chi connectivity index (χ4v) is 2.89. The summed E-state index contributed by atoms with van der Waals surface area (Å²) < 4.78 is 14.5. The number of imidazole rings is 1. The van der Waals surface area contributed by atoms with Gasteiger partial charge >= 0.3 is 0 Å². The number of benzene rings is 1. The van der Waals surface area contributed by atoms with Gasteiger partial charge in [-0.2, -0.15) is 4.39 Å². The van der Waals surface area contributed by atoms with Crippen molar-refractivity contribution in [1.29, 1.82) is 0 Å². The van der Waals surface area contributed by atoms with Crippen molar-refractivity contribution in [2.45, 2.75) is 0 Å². The van der Waals surface area contributed by atoms with Crippen LogP contribution in [0.2, 0.25) is 0 Å². The van der Waals surface area contributed by atoms with Crippen LogP contribution in [-0.2, 0) is 11.8 Å². The second-order valence-corrected chi connectivity index (χ2v) is 6.31. The molecule has 4 rings (SSSR count). The molecule has 0 radical (unpaired) electrons. The first-order valence-electron chi connectivity index (χ1n) is 8.58. The van der Waals surface area contributed by atoms with E-state index in [-0.39, 0.29) is 11.5 Å². The maximum atomic E-state index is 13.4. The number of rotatable bonds is 5. The molecule has 0 saturated carbocycles. The van der Waals surface area contributed by atoms with E-state index >= 15 is 0 Å². The number of nitrogens with two attached hydrogens (primary N) is 1.